The van der Waals surface area contributed by atoms with Crippen LogP contribution in [0.4, 0.5) is 0 Å². The highest BCUT2D eigenvalue weighted by Crippen LogP contribution is 1.97. The molecule has 0 heterocycles. The van der Waals surface area contributed by atoms with Gasteiger partial charge in [-0.2, -0.15) is 0 Å². The van der Waals surface area contributed by atoms with Crippen molar-refractivity contribution in [1.29, 1.82) is 0 Å². The highest BCUT2D eigenvalue weighted by Gasteiger charge is 2.15. The van der Waals surface area contributed by atoms with Gasteiger partial charge in [0.1, 0.15) is 0 Å². The summed E-state index contributed by atoms with van der Waals surface area (Å²) in [6.45, 7) is -0.173. The van der Waals surface area contributed by atoms with Gasteiger partial charge in [0.25, 0.3) is 0 Å². The van der Waals surface area contributed by atoms with Gasteiger partial charge in [-0.3, -0.25) is 4.79 Å². The van der Waals surface area contributed by atoms with Crippen LogP contribution in [0.3, 0.4) is 0 Å². The van der Waals surface area contributed by atoms with Crippen LogP contribution in [0, 0.1) is 0 Å². The van der Waals surface area contributed by atoms with Crippen LogP contribution in [-0.4, -0.2) is 56.1 Å². The minimum absolute atomic E-state index is 0.00480. The zero-order valence-electron chi connectivity index (χ0n) is 9.96. The van der Waals surface area contributed by atoms with Gasteiger partial charge < -0.3 is 14.9 Å². The summed E-state index contributed by atoms with van der Waals surface area (Å²) in [5.74, 6) is -2.16. The molecule has 0 bridgehead atoms. The summed E-state index contributed by atoms with van der Waals surface area (Å²) in [7, 11) is -2.36. The van der Waals surface area contributed by atoms with E-state index in [0.29, 0.717) is 0 Å². The number of carboxylic acid groups (broad SMARTS) is 1. The van der Waals surface area contributed by atoms with Crippen LogP contribution in [0.15, 0.2) is 0 Å². The van der Waals surface area contributed by atoms with Crippen LogP contribution in [0.2, 0.25) is 0 Å². The average molecular weight is 283 g/mol. The molecule has 18 heavy (non-hydrogen) atoms. The lowest BCUT2D eigenvalue weighted by molar-refractivity contribution is -0.146. The highest BCUT2D eigenvalue weighted by molar-refractivity contribution is 7.89. The maximum absolute atomic E-state index is 11.4. The molecule has 9 heteroatoms. The molecule has 0 rings (SSSR count). The smallest absolute Gasteiger partial charge is 0.332 e. The third-order valence-corrected chi connectivity index (χ3v) is 3.52. The van der Waals surface area contributed by atoms with Crippen LogP contribution < -0.4 is 4.72 Å². The Balaban J connectivity index is 3.87. The molecule has 0 spiro atoms. The summed E-state index contributed by atoms with van der Waals surface area (Å²) in [5.41, 5.74) is 0. The van der Waals surface area contributed by atoms with Gasteiger partial charge in [0.2, 0.25) is 10.0 Å². The lowest BCUT2D eigenvalue weighted by Gasteiger charge is -2.08. The summed E-state index contributed by atoms with van der Waals surface area (Å²) in [5, 5.41) is 17.3. The molecule has 0 fully saturated rings. The monoisotopic (exact) mass is 283 g/mol. The molecule has 0 aromatic heterocycles. The van der Waals surface area contributed by atoms with Crippen LogP contribution in [0.5, 0.6) is 0 Å². The molecule has 0 aromatic rings. The largest absolute Gasteiger partial charge is 0.479 e. The summed E-state index contributed by atoms with van der Waals surface area (Å²) in [4.78, 5) is 21.0. The van der Waals surface area contributed by atoms with E-state index in [1.807, 2.05) is 0 Å². The van der Waals surface area contributed by atoms with E-state index in [-0.39, 0.29) is 31.6 Å². The maximum atomic E-state index is 11.4. The van der Waals surface area contributed by atoms with Crippen molar-refractivity contribution in [2.24, 2.45) is 0 Å². The van der Waals surface area contributed by atoms with Gasteiger partial charge >= 0.3 is 11.9 Å². The number of carbonyl (C=O) groups is 2. The Morgan fingerprint density at radius 3 is 2.50 bits per heavy atom. The number of aliphatic hydroxyl groups excluding tert-OH is 1. The lowest BCUT2D eigenvalue weighted by Crippen LogP contribution is -2.31. The summed E-state index contributed by atoms with van der Waals surface area (Å²) in [6.07, 6.45) is -1.70. The SMILES string of the molecule is COC(=O)CCCS(=O)(=O)NCCC(O)C(=O)O. The molecule has 8 nitrogen and oxygen atoms in total. The standard InChI is InChI=1S/C9H17NO7S/c1-17-8(12)3-2-6-18(15,16)10-5-4-7(11)9(13)14/h7,10-11H,2-6H2,1H3,(H,13,14). The van der Waals surface area contributed by atoms with Crippen molar-refractivity contribution < 1.29 is 33.0 Å². The molecule has 1 atom stereocenters. The number of carboxylic acids is 1. The van der Waals surface area contributed by atoms with Crippen molar-refractivity contribution in [2.75, 3.05) is 19.4 Å². The first kappa shape index (κ1) is 16.8. The predicted molar refractivity (Wildman–Crippen MR) is 61.3 cm³/mol. The molecular weight excluding hydrogens is 266 g/mol. The van der Waals surface area contributed by atoms with Gasteiger partial charge in [-0.1, -0.05) is 0 Å². The number of esters is 1. The van der Waals surface area contributed by atoms with Crippen LogP contribution in [0.1, 0.15) is 19.3 Å². The van der Waals surface area contributed by atoms with Gasteiger partial charge in [0.05, 0.1) is 12.9 Å². The second kappa shape index (κ2) is 8.01. The highest BCUT2D eigenvalue weighted by atomic mass is 32.2. The Morgan fingerprint density at radius 1 is 1.39 bits per heavy atom. The molecule has 0 aliphatic rings. The molecule has 106 valence electrons. The first-order chi connectivity index (χ1) is 8.28. The quantitative estimate of drug-likeness (QED) is 0.448. The van der Waals surface area contributed by atoms with E-state index < -0.39 is 28.1 Å². The number of hydrogen-bond acceptors (Lipinski definition) is 6. The minimum atomic E-state index is -3.57. The molecule has 0 amide bonds. The molecule has 1 unspecified atom stereocenters. The average Bonchev–Trinajstić information content (AvgIpc) is 2.27. The van der Waals surface area contributed by atoms with Gasteiger partial charge in [0.15, 0.2) is 6.10 Å². The van der Waals surface area contributed by atoms with E-state index in [1.165, 1.54) is 7.11 Å². The fraction of sp³-hybridized carbons (Fsp3) is 0.778. The lowest BCUT2D eigenvalue weighted by atomic mass is 10.3. The van der Waals surface area contributed by atoms with Crippen molar-refractivity contribution >= 4 is 22.0 Å². The first-order valence-corrected chi connectivity index (χ1v) is 6.88. The van der Waals surface area contributed by atoms with Crippen LogP contribution in [-0.2, 0) is 24.3 Å². The number of methoxy groups -OCH3 is 1. The van der Waals surface area contributed by atoms with Crippen molar-refractivity contribution in [2.45, 2.75) is 25.4 Å². The molecule has 0 aliphatic carbocycles. The van der Waals surface area contributed by atoms with Crippen molar-refractivity contribution in [1.82, 2.24) is 4.72 Å². The number of carbonyl (C=O) groups excluding carboxylic acids is 1. The Hall–Kier alpha value is -1.19. The zero-order chi connectivity index (χ0) is 14.2. The van der Waals surface area contributed by atoms with Gasteiger partial charge in [0, 0.05) is 13.0 Å². The van der Waals surface area contributed by atoms with Gasteiger partial charge in [-0.05, 0) is 12.8 Å². The van der Waals surface area contributed by atoms with Crippen molar-refractivity contribution in [3.05, 3.63) is 0 Å². The Bertz CT molecular complexity index is 378. The molecule has 0 radical (unpaired) electrons. The van der Waals surface area contributed by atoms with Gasteiger partial charge in [-0.25, -0.2) is 17.9 Å². The summed E-state index contributed by atoms with van der Waals surface area (Å²) < 4.78 is 29.2. The zero-order valence-corrected chi connectivity index (χ0v) is 10.8. The third-order valence-electron chi connectivity index (χ3n) is 2.05. The molecule has 0 saturated heterocycles. The van der Waals surface area contributed by atoms with Crippen LogP contribution in [0.25, 0.3) is 0 Å². The summed E-state index contributed by atoms with van der Waals surface area (Å²) >= 11 is 0. The van der Waals surface area contributed by atoms with E-state index >= 15 is 0 Å². The van der Waals surface area contributed by atoms with Crippen molar-refractivity contribution in [3.63, 3.8) is 0 Å². The predicted octanol–water partition coefficient (Wildman–Crippen LogP) is -1.31. The Kier molecular flexibility index (Phi) is 7.48. The van der Waals surface area contributed by atoms with Crippen LogP contribution >= 0.6 is 0 Å². The topological polar surface area (TPSA) is 130 Å². The van der Waals surface area contributed by atoms with E-state index in [2.05, 4.69) is 9.46 Å². The molecule has 0 aromatic carbocycles. The first-order valence-electron chi connectivity index (χ1n) is 5.23. The number of nitrogens with one attached hydrogen (secondary N) is 1. The number of rotatable bonds is 9. The number of aliphatic carboxylic acids is 1. The fourth-order valence-electron chi connectivity index (χ4n) is 1.06. The fourth-order valence-corrected chi connectivity index (χ4v) is 2.15. The third kappa shape index (κ3) is 7.98. The number of ether oxygens (including phenoxy) is 1. The molecular formula is C9H17NO7S. The Morgan fingerprint density at radius 2 is 2.00 bits per heavy atom. The second-order valence-electron chi connectivity index (χ2n) is 3.54. The maximum Gasteiger partial charge on any atom is 0.332 e. The van der Waals surface area contributed by atoms with E-state index in [0.717, 1.165) is 0 Å². The molecule has 0 aliphatic heterocycles. The van der Waals surface area contributed by atoms with Gasteiger partial charge in [-0.15, -0.1) is 0 Å². The Labute approximate surface area is 105 Å². The van der Waals surface area contributed by atoms with E-state index in [1.54, 1.807) is 0 Å². The second-order valence-corrected chi connectivity index (χ2v) is 5.46. The van der Waals surface area contributed by atoms with E-state index in [9.17, 15) is 18.0 Å². The number of aliphatic hydroxyl groups is 1. The minimum Gasteiger partial charge on any atom is -0.479 e. The number of sulfonamides is 1. The molecule has 0 saturated carbocycles. The number of hydrogen-bond donors (Lipinski definition) is 3. The van der Waals surface area contributed by atoms with Crippen molar-refractivity contribution in [3.8, 4) is 0 Å². The summed E-state index contributed by atoms with van der Waals surface area (Å²) in [6, 6.07) is 0. The normalized spacial score (nSPS) is 13.0. The van der Waals surface area contributed by atoms with E-state index in [4.69, 9.17) is 10.2 Å². The molecule has 3 N–H and O–H groups in total.